The molecule has 0 aliphatic carbocycles. The number of amides is 4. The highest BCUT2D eigenvalue weighted by molar-refractivity contribution is 5.94. The summed E-state index contributed by atoms with van der Waals surface area (Å²) < 4.78 is 0. The SMILES string of the molecule is NC(=O)CCC(NC(=O)C(N)CO)C(=O)NC(Cc1ccc(O)cc1)C(=O)NC(CCC(=O)O)C(=O)O. The fourth-order valence-electron chi connectivity index (χ4n) is 3.06. The number of rotatable bonds is 16. The van der Waals surface area contributed by atoms with E-state index < -0.39 is 79.2 Å². The first-order valence-electron chi connectivity index (χ1n) is 11.1. The van der Waals surface area contributed by atoms with E-state index in [0.29, 0.717) is 5.56 Å². The topological polar surface area (TPSA) is 271 Å². The number of carbonyl (C=O) groups excluding carboxylic acids is 4. The molecule has 0 heterocycles. The van der Waals surface area contributed by atoms with E-state index >= 15 is 0 Å². The van der Waals surface area contributed by atoms with Crippen molar-refractivity contribution in [3.63, 3.8) is 0 Å². The maximum absolute atomic E-state index is 13.0. The highest BCUT2D eigenvalue weighted by Gasteiger charge is 2.31. The average molecular weight is 526 g/mol. The molecule has 0 fully saturated rings. The summed E-state index contributed by atoms with van der Waals surface area (Å²) >= 11 is 0. The minimum absolute atomic E-state index is 0.0668. The van der Waals surface area contributed by atoms with Gasteiger partial charge in [0.2, 0.25) is 23.6 Å². The molecule has 0 aliphatic heterocycles. The maximum Gasteiger partial charge on any atom is 0.326 e. The fourth-order valence-corrected chi connectivity index (χ4v) is 3.06. The Bertz CT molecular complexity index is 985. The van der Waals surface area contributed by atoms with Gasteiger partial charge in [-0.1, -0.05) is 12.1 Å². The van der Waals surface area contributed by atoms with Crippen molar-refractivity contribution >= 4 is 35.6 Å². The predicted molar refractivity (Wildman–Crippen MR) is 126 cm³/mol. The number of carboxylic acids is 2. The zero-order valence-corrected chi connectivity index (χ0v) is 19.8. The first-order valence-corrected chi connectivity index (χ1v) is 11.1. The van der Waals surface area contributed by atoms with Gasteiger partial charge in [-0.25, -0.2) is 4.79 Å². The summed E-state index contributed by atoms with van der Waals surface area (Å²) in [7, 11) is 0. The molecule has 0 saturated carbocycles. The largest absolute Gasteiger partial charge is 0.508 e. The number of carbonyl (C=O) groups is 6. The third-order valence-corrected chi connectivity index (χ3v) is 5.12. The minimum Gasteiger partial charge on any atom is -0.508 e. The number of phenolic OH excluding ortho intramolecular Hbond substituents is 1. The summed E-state index contributed by atoms with van der Waals surface area (Å²) in [4.78, 5) is 71.7. The van der Waals surface area contributed by atoms with Crippen molar-refractivity contribution in [2.45, 2.75) is 56.3 Å². The number of nitrogens with one attached hydrogen (secondary N) is 3. The number of nitrogens with two attached hydrogens (primary N) is 2. The Morgan fingerprint density at radius 3 is 1.81 bits per heavy atom. The molecular weight excluding hydrogens is 494 g/mol. The quantitative estimate of drug-likeness (QED) is 0.104. The van der Waals surface area contributed by atoms with Crippen LogP contribution in [0.2, 0.25) is 0 Å². The Morgan fingerprint density at radius 1 is 0.784 bits per heavy atom. The summed E-state index contributed by atoms with van der Waals surface area (Å²) in [6, 6.07) is -0.198. The lowest BCUT2D eigenvalue weighted by Gasteiger charge is -2.25. The molecule has 0 bridgehead atoms. The molecule has 0 radical (unpaired) electrons. The van der Waals surface area contributed by atoms with E-state index in [2.05, 4.69) is 16.0 Å². The van der Waals surface area contributed by atoms with Crippen LogP contribution in [0.3, 0.4) is 0 Å². The van der Waals surface area contributed by atoms with Crippen LogP contribution in [-0.2, 0) is 35.2 Å². The molecule has 1 aromatic carbocycles. The van der Waals surface area contributed by atoms with E-state index in [4.69, 9.17) is 21.7 Å². The van der Waals surface area contributed by atoms with Gasteiger partial charge in [0.15, 0.2) is 0 Å². The van der Waals surface area contributed by atoms with E-state index in [1.54, 1.807) is 0 Å². The molecule has 1 aromatic rings. The standard InChI is InChI=1S/C22H31N5O10/c23-13(10-28)19(33)25-14(5-7-17(24)30)20(34)27-16(9-11-1-3-12(29)4-2-11)21(35)26-15(22(36)37)6-8-18(31)32/h1-4,13-16,28-29H,5-10,23H2,(H2,24,30)(H,25,33)(H,26,35)(H,27,34)(H,31,32)(H,36,37). The van der Waals surface area contributed by atoms with Crippen LogP contribution in [0.4, 0.5) is 0 Å². The van der Waals surface area contributed by atoms with Crippen LogP contribution in [0.1, 0.15) is 31.2 Å². The molecule has 4 amide bonds. The number of phenols is 1. The van der Waals surface area contributed by atoms with Crippen molar-refractivity contribution in [2.24, 2.45) is 11.5 Å². The summed E-state index contributed by atoms with van der Waals surface area (Å²) in [6.07, 6.45) is -1.74. The van der Waals surface area contributed by atoms with Crippen LogP contribution in [-0.4, -0.2) is 86.8 Å². The first-order chi connectivity index (χ1) is 17.3. The molecule has 204 valence electrons. The highest BCUT2D eigenvalue weighted by Crippen LogP contribution is 2.12. The molecule has 4 atom stereocenters. The second-order valence-electron chi connectivity index (χ2n) is 8.12. The summed E-state index contributed by atoms with van der Waals surface area (Å²) in [5, 5.41) is 43.6. The number of aliphatic hydroxyl groups excluding tert-OH is 1. The fraction of sp³-hybridized carbons (Fsp3) is 0.455. The highest BCUT2D eigenvalue weighted by atomic mass is 16.4. The Labute approximate surface area is 211 Å². The van der Waals surface area contributed by atoms with Crippen molar-refractivity contribution in [1.82, 2.24) is 16.0 Å². The van der Waals surface area contributed by atoms with Gasteiger partial charge in [-0.15, -0.1) is 0 Å². The number of aromatic hydroxyl groups is 1. The van der Waals surface area contributed by atoms with Gasteiger partial charge >= 0.3 is 11.9 Å². The third-order valence-electron chi connectivity index (χ3n) is 5.12. The van der Waals surface area contributed by atoms with Crippen LogP contribution < -0.4 is 27.4 Å². The first kappa shape index (κ1) is 30.8. The molecule has 0 aromatic heterocycles. The third kappa shape index (κ3) is 11.4. The Hall–Kier alpha value is -4.24. The molecule has 0 saturated heterocycles. The molecule has 4 unspecified atom stereocenters. The van der Waals surface area contributed by atoms with E-state index in [9.17, 15) is 39.0 Å². The predicted octanol–water partition coefficient (Wildman–Crippen LogP) is -3.08. The van der Waals surface area contributed by atoms with Crippen LogP contribution in [0, 0.1) is 0 Å². The number of aliphatic hydroxyl groups is 1. The normalized spacial score (nSPS) is 13.9. The lowest BCUT2D eigenvalue weighted by molar-refractivity contribution is -0.143. The van der Waals surface area contributed by atoms with Gasteiger partial charge in [0.1, 0.15) is 29.9 Å². The zero-order valence-electron chi connectivity index (χ0n) is 19.8. The van der Waals surface area contributed by atoms with E-state index in [0.717, 1.165) is 0 Å². The number of carboxylic acid groups (broad SMARTS) is 2. The van der Waals surface area contributed by atoms with Gasteiger partial charge in [-0.3, -0.25) is 24.0 Å². The van der Waals surface area contributed by atoms with Crippen LogP contribution in [0.5, 0.6) is 5.75 Å². The molecular formula is C22H31N5O10. The molecule has 37 heavy (non-hydrogen) atoms. The van der Waals surface area contributed by atoms with Crippen molar-refractivity contribution in [2.75, 3.05) is 6.61 Å². The average Bonchev–Trinajstić information content (AvgIpc) is 2.83. The van der Waals surface area contributed by atoms with Gasteiger partial charge in [0, 0.05) is 19.3 Å². The minimum atomic E-state index is -1.57. The Kier molecular flexibility index (Phi) is 12.5. The molecule has 1 rings (SSSR count). The molecule has 0 aliphatic rings. The molecule has 15 heteroatoms. The molecule has 15 nitrogen and oxygen atoms in total. The molecule has 11 N–H and O–H groups in total. The number of hydrogen-bond acceptors (Lipinski definition) is 9. The number of primary amides is 1. The van der Waals surface area contributed by atoms with Gasteiger partial charge < -0.3 is 47.8 Å². The van der Waals surface area contributed by atoms with Crippen molar-refractivity contribution in [3.8, 4) is 5.75 Å². The number of benzene rings is 1. The van der Waals surface area contributed by atoms with Gasteiger partial charge in [0.05, 0.1) is 6.61 Å². The van der Waals surface area contributed by atoms with Crippen molar-refractivity contribution < 1.29 is 49.2 Å². The Morgan fingerprint density at radius 2 is 1.30 bits per heavy atom. The van der Waals surface area contributed by atoms with Crippen LogP contribution in [0.25, 0.3) is 0 Å². The van der Waals surface area contributed by atoms with Gasteiger partial charge in [-0.2, -0.15) is 0 Å². The van der Waals surface area contributed by atoms with Crippen LogP contribution >= 0.6 is 0 Å². The summed E-state index contributed by atoms with van der Waals surface area (Å²) in [6.45, 7) is -0.727. The summed E-state index contributed by atoms with van der Waals surface area (Å²) in [5.74, 6) is -6.42. The lowest BCUT2D eigenvalue weighted by Crippen LogP contribution is -2.58. The second-order valence-corrected chi connectivity index (χ2v) is 8.12. The maximum atomic E-state index is 13.0. The van der Waals surface area contributed by atoms with Gasteiger partial charge in [-0.05, 0) is 30.5 Å². The second kappa shape index (κ2) is 15.0. The van der Waals surface area contributed by atoms with E-state index in [-0.39, 0.29) is 25.0 Å². The number of hydrogen-bond donors (Lipinski definition) is 9. The van der Waals surface area contributed by atoms with E-state index in [1.165, 1.54) is 24.3 Å². The summed E-state index contributed by atoms with van der Waals surface area (Å²) in [5.41, 5.74) is 11.0. The molecule has 0 spiro atoms. The van der Waals surface area contributed by atoms with Crippen molar-refractivity contribution in [1.29, 1.82) is 0 Å². The van der Waals surface area contributed by atoms with Crippen molar-refractivity contribution in [3.05, 3.63) is 29.8 Å². The Balaban J connectivity index is 3.17. The number of aliphatic carboxylic acids is 2. The van der Waals surface area contributed by atoms with Gasteiger partial charge in [0.25, 0.3) is 0 Å². The monoisotopic (exact) mass is 525 g/mol. The van der Waals surface area contributed by atoms with E-state index in [1.807, 2.05) is 0 Å². The zero-order chi connectivity index (χ0) is 28.1. The smallest absolute Gasteiger partial charge is 0.326 e. The van der Waals surface area contributed by atoms with Crippen LogP contribution in [0.15, 0.2) is 24.3 Å². The lowest BCUT2D eigenvalue weighted by atomic mass is 10.0.